The molecule has 7 aromatic rings. The molecule has 0 N–H and O–H groups in total. The summed E-state index contributed by atoms with van der Waals surface area (Å²) in [6, 6.07) is 33.3. The van der Waals surface area contributed by atoms with Crippen LogP contribution in [0.15, 0.2) is 108 Å². The molecule has 0 bridgehead atoms. The summed E-state index contributed by atoms with van der Waals surface area (Å²) in [6.45, 7) is 1.87. The lowest BCUT2D eigenvalue weighted by atomic mass is 10.0. The second-order valence-corrected chi connectivity index (χ2v) is 8.56. The van der Waals surface area contributed by atoms with E-state index in [1.807, 2.05) is 43.5 Å². The molecule has 0 aliphatic carbocycles. The first-order chi connectivity index (χ1) is 17.3. The third-order valence-electron chi connectivity index (χ3n) is 6.41. The number of para-hydroxylation sites is 4. The molecule has 0 aliphatic heterocycles. The van der Waals surface area contributed by atoms with Crippen LogP contribution in [-0.2, 0) is 0 Å². The Balaban J connectivity index is 1.58. The smallest absolute Gasteiger partial charge is 0.230 e. The number of hydrogen-bond acceptors (Lipinski definition) is 4. The summed E-state index contributed by atoms with van der Waals surface area (Å²) in [4.78, 5) is 14.0. The van der Waals surface area contributed by atoms with Crippen molar-refractivity contribution in [1.82, 2.24) is 19.5 Å². The number of nitrogens with zero attached hydrogens (tertiary/aromatic N) is 4. The minimum atomic E-state index is 0.590. The van der Waals surface area contributed by atoms with Crippen molar-refractivity contribution in [1.29, 1.82) is 0 Å². The Hall–Kier alpha value is -4.77. The van der Waals surface area contributed by atoms with Crippen LogP contribution in [0.4, 0.5) is 0 Å². The average molecular weight is 453 g/mol. The van der Waals surface area contributed by atoms with E-state index in [0.717, 1.165) is 55.6 Å². The molecular formula is C30H20N4O. The molecule has 0 atom stereocenters. The number of aromatic nitrogens is 4. The molecule has 3 heterocycles. The molecule has 35 heavy (non-hydrogen) atoms. The number of furan rings is 1. The highest BCUT2D eigenvalue weighted by atomic mass is 16.3. The molecule has 0 unspecified atom stereocenters. The first kappa shape index (κ1) is 19.7. The minimum absolute atomic E-state index is 0.590. The Labute approximate surface area is 201 Å². The van der Waals surface area contributed by atoms with Crippen molar-refractivity contribution in [3.05, 3.63) is 109 Å². The summed E-state index contributed by atoms with van der Waals surface area (Å²) in [7, 11) is 0. The normalized spacial score (nSPS) is 11.6. The lowest BCUT2D eigenvalue weighted by Gasteiger charge is -2.15. The van der Waals surface area contributed by atoms with Gasteiger partial charge < -0.3 is 4.42 Å². The molecular weight excluding hydrogens is 432 g/mol. The monoisotopic (exact) mass is 452 g/mol. The van der Waals surface area contributed by atoms with Crippen molar-refractivity contribution >= 4 is 33.1 Å². The topological polar surface area (TPSA) is 56.7 Å². The molecule has 0 amide bonds. The van der Waals surface area contributed by atoms with Crippen LogP contribution in [0.1, 0.15) is 5.82 Å². The fourth-order valence-electron chi connectivity index (χ4n) is 4.82. The van der Waals surface area contributed by atoms with E-state index in [2.05, 4.69) is 81.3 Å². The summed E-state index contributed by atoms with van der Waals surface area (Å²) in [6.07, 6.45) is 1.83. The van der Waals surface area contributed by atoms with Crippen LogP contribution in [0.5, 0.6) is 0 Å². The largest absolute Gasteiger partial charge is 0.437 e. The Bertz CT molecular complexity index is 1860. The Morgan fingerprint density at radius 3 is 2.37 bits per heavy atom. The van der Waals surface area contributed by atoms with Crippen molar-refractivity contribution in [2.45, 2.75) is 6.92 Å². The van der Waals surface area contributed by atoms with Gasteiger partial charge in [0.05, 0.1) is 27.7 Å². The van der Waals surface area contributed by atoms with Crippen LogP contribution in [-0.4, -0.2) is 19.5 Å². The molecule has 0 radical (unpaired) electrons. The third-order valence-corrected chi connectivity index (χ3v) is 6.41. The van der Waals surface area contributed by atoms with Crippen molar-refractivity contribution in [2.24, 2.45) is 0 Å². The van der Waals surface area contributed by atoms with Gasteiger partial charge in [0.1, 0.15) is 17.2 Å². The highest BCUT2D eigenvalue weighted by Gasteiger charge is 2.21. The zero-order valence-corrected chi connectivity index (χ0v) is 19.0. The van der Waals surface area contributed by atoms with Crippen LogP contribution in [0.2, 0.25) is 0 Å². The molecule has 0 saturated carbocycles. The first-order valence-corrected chi connectivity index (χ1v) is 11.6. The molecule has 0 spiro atoms. The van der Waals surface area contributed by atoms with E-state index in [9.17, 15) is 0 Å². The number of rotatable bonds is 3. The van der Waals surface area contributed by atoms with E-state index in [4.69, 9.17) is 9.40 Å². The standard InChI is InChI=1S/C30H20N4O/c1-19-31-18-24-22-13-9-14-23(28(22)35-30(24)32-19)29-33-25-15-6-8-17-27(25)34(29)26-16-7-5-12-21(26)20-10-3-2-4-11-20/h2-18H,1H3. The number of imidazole rings is 1. The second kappa shape index (κ2) is 7.64. The molecule has 0 fully saturated rings. The molecule has 5 nitrogen and oxygen atoms in total. The van der Waals surface area contributed by atoms with E-state index in [0.29, 0.717) is 11.5 Å². The summed E-state index contributed by atoms with van der Waals surface area (Å²) < 4.78 is 8.55. The SMILES string of the molecule is Cc1ncc2c(n1)oc1c(-c3nc4ccccc4n3-c3ccccc3-c3ccccc3)cccc12. The molecule has 166 valence electrons. The van der Waals surface area contributed by atoms with E-state index in [1.165, 1.54) is 0 Å². The summed E-state index contributed by atoms with van der Waals surface area (Å²) in [5.41, 5.74) is 7.57. The van der Waals surface area contributed by atoms with E-state index in [1.54, 1.807) is 0 Å². The fourth-order valence-corrected chi connectivity index (χ4v) is 4.82. The quantitative estimate of drug-likeness (QED) is 0.281. The molecule has 5 heteroatoms. The van der Waals surface area contributed by atoms with Gasteiger partial charge in [-0.3, -0.25) is 4.57 Å². The molecule has 4 aromatic carbocycles. The lowest BCUT2D eigenvalue weighted by Crippen LogP contribution is -2.00. The van der Waals surface area contributed by atoms with Crippen LogP contribution >= 0.6 is 0 Å². The summed E-state index contributed by atoms with van der Waals surface area (Å²) in [5.74, 6) is 1.51. The van der Waals surface area contributed by atoms with E-state index < -0.39 is 0 Å². The van der Waals surface area contributed by atoms with Crippen LogP contribution in [0, 0.1) is 6.92 Å². The average Bonchev–Trinajstić information content (AvgIpc) is 3.47. The summed E-state index contributed by atoms with van der Waals surface area (Å²) >= 11 is 0. The number of aryl methyl sites for hydroxylation is 1. The van der Waals surface area contributed by atoms with Crippen molar-refractivity contribution in [2.75, 3.05) is 0 Å². The Morgan fingerprint density at radius 1 is 0.686 bits per heavy atom. The van der Waals surface area contributed by atoms with Gasteiger partial charge in [0.15, 0.2) is 0 Å². The van der Waals surface area contributed by atoms with E-state index in [-0.39, 0.29) is 0 Å². The lowest BCUT2D eigenvalue weighted by molar-refractivity contribution is 0.651. The highest BCUT2D eigenvalue weighted by molar-refractivity contribution is 6.08. The predicted molar refractivity (Wildman–Crippen MR) is 140 cm³/mol. The van der Waals surface area contributed by atoms with Gasteiger partial charge in [0.2, 0.25) is 5.71 Å². The molecule has 7 rings (SSSR count). The van der Waals surface area contributed by atoms with Gasteiger partial charge >= 0.3 is 0 Å². The maximum atomic E-state index is 6.32. The predicted octanol–water partition coefficient (Wildman–Crippen LogP) is 7.36. The second-order valence-electron chi connectivity index (χ2n) is 8.56. The molecule has 0 saturated heterocycles. The maximum Gasteiger partial charge on any atom is 0.230 e. The van der Waals surface area contributed by atoms with Crippen LogP contribution in [0.25, 0.3) is 61.3 Å². The number of hydrogen-bond donors (Lipinski definition) is 0. The highest BCUT2D eigenvalue weighted by Crippen LogP contribution is 2.38. The van der Waals surface area contributed by atoms with Crippen molar-refractivity contribution < 1.29 is 4.42 Å². The van der Waals surface area contributed by atoms with Crippen molar-refractivity contribution in [3.63, 3.8) is 0 Å². The third kappa shape index (κ3) is 3.05. The van der Waals surface area contributed by atoms with Crippen molar-refractivity contribution in [3.8, 4) is 28.2 Å². The Morgan fingerprint density at radius 2 is 1.46 bits per heavy atom. The van der Waals surface area contributed by atoms with Gasteiger partial charge in [-0.25, -0.2) is 9.97 Å². The minimum Gasteiger partial charge on any atom is -0.437 e. The molecule has 3 aromatic heterocycles. The Kier molecular flexibility index (Phi) is 4.29. The van der Waals surface area contributed by atoms with Gasteiger partial charge in [-0.2, -0.15) is 4.98 Å². The fraction of sp³-hybridized carbons (Fsp3) is 0.0333. The van der Waals surface area contributed by atoms with Gasteiger partial charge in [0.25, 0.3) is 0 Å². The van der Waals surface area contributed by atoms with Crippen LogP contribution < -0.4 is 0 Å². The molecule has 0 aliphatic rings. The number of benzene rings is 4. The van der Waals surface area contributed by atoms with E-state index >= 15 is 0 Å². The number of fused-ring (bicyclic) bond motifs is 4. The van der Waals surface area contributed by atoms with Crippen LogP contribution in [0.3, 0.4) is 0 Å². The summed E-state index contributed by atoms with van der Waals surface area (Å²) in [5, 5.41) is 1.88. The van der Waals surface area contributed by atoms with Gasteiger partial charge in [0, 0.05) is 17.1 Å². The van der Waals surface area contributed by atoms with Gasteiger partial charge in [-0.15, -0.1) is 0 Å². The zero-order chi connectivity index (χ0) is 23.4. The maximum absolute atomic E-state index is 6.32. The zero-order valence-electron chi connectivity index (χ0n) is 19.0. The van der Waals surface area contributed by atoms with Gasteiger partial charge in [-0.1, -0.05) is 72.8 Å². The first-order valence-electron chi connectivity index (χ1n) is 11.6. The van der Waals surface area contributed by atoms with Gasteiger partial charge in [-0.05, 0) is 36.8 Å².